The standard InChI is InChI=1S/C12H18N4OS/c1-2-7-18-16-12(14-9-17)8-11(15-16)10-3-5-13-6-4-10/h2,7-10,13H,3-6H2,1H3,(H,14,17)/b7-2-. The molecule has 1 saturated heterocycles. The first-order chi connectivity index (χ1) is 8.85. The minimum absolute atomic E-state index is 0.492. The number of allylic oxidation sites excluding steroid dienone is 1. The Morgan fingerprint density at radius 2 is 2.33 bits per heavy atom. The molecule has 0 spiro atoms. The van der Waals surface area contributed by atoms with Crippen molar-refractivity contribution in [2.75, 3.05) is 18.4 Å². The number of hydrogen-bond donors (Lipinski definition) is 2. The van der Waals surface area contributed by atoms with Crippen molar-refractivity contribution >= 4 is 24.2 Å². The fourth-order valence-corrected chi connectivity index (χ4v) is 2.65. The lowest BCUT2D eigenvalue weighted by Crippen LogP contribution is -2.26. The smallest absolute Gasteiger partial charge is 0.212 e. The molecule has 2 N–H and O–H groups in total. The predicted octanol–water partition coefficient (Wildman–Crippen LogP) is 1.95. The van der Waals surface area contributed by atoms with Crippen molar-refractivity contribution in [3.63, 3.8) is 0 Å². The van der Waals surface area contributed by atoms with E-state index in [1.165, 1.54) is 11.9 Å². The zero-order valence-corrected chi connectivity index (χ0v) is 11.2. The maximum Gasteiger partial charge on any atom is 0.212 e. The summed E-state index contributed by atoms with van der Waals surface area (Å²) in [7, 11) is 0. The van der Waals surface area contributed by atoms with Gasteiger partial charge in [-0.1, -0.05) is 6.08 Å². The van der Waals surface area contributed by atoms with Crippen LogP contribution in [-0.2, 0) is 4.79 Å². The quantitative estimate of drug-likeness (QED) is 0.800. The molecule has 6 heteroatoms. The zero-order valence-electron chi connectivity index (χ0n) is 10.4. The summed E-state index contributed by atoms with van der Waals surface area (Å²) in [6, 6.07) is 1.97. The Labute approximate surface area is 111 Å². The molecule has 1 aliphatic heterocycles. The van der Waals surface area contributed by atoms with E-state index < -0.39 is 0 Å². The lowest BCUT2D eigenvalue weighted by atomic mass is 9.95. The van der Waals surface area contributed by atoms with Gasteiger partial charge in [0.15, 0.2) is 0 Å². The highest BCUT2D eigenvalue weighted by Crippen LogP contribution is 2.28. The SMILES string of the molecule is C/C=C\Sn1nc(C2CCNCC2)cc1NC=O. The highest BCUT2D eigenvalue weighted by Gasteiger charge is 2.19. The Hall–Kier alpha value is -1.27. The largest absolute Gasteiger partial charge is 0.317 e. The summed E-state index contributed by atoms with van der Waals surface area (Å²) >= 11 is 1.46. The first kappa shape index (κ1) is 13.2. The molecule has 1 aromatic heterocycles. The molecule has 0 radical (unpaired) electrons. The molecule has 0 atom stereocenters. The molecule has 2 rings (SSSR count). The fourth-order valence-electron chi connectivity index (χ4n) is 2.06. The van der Waals surface area contributed by atoms with Crippen LogP contribution in [-0.4, -0.2) is 28.7 Å². The number of amides is 1. The van der Waals surface area contributed by atoms with Crippen LogP contribution in [0, 0.1) is 0 Å². The van der Waals surface area contributed by atoms with Crippen LogP contribution in [0.1, 0.15) is 31.4 Å². The minimum Gasteiger partial charge on any atom is -0.317 e. The topological polar surface area (TPSA) is 59.0 Å². The van der Waals surface area contributed by atoms with Crippen LogP contribution in [0.2, 0.25) is 0 Å². The zero-order chi connectivity index (χ0) is 12.8. The number of carbonyl (C=O) groups excluding carboxylic acids is 1. The summed E-state index contributed by atoms with van der Waals surface area (Å²) in [6.07, 6.45) is 4.84. The number of nitrogens with zero attached hydrogens (tertiary/aromatic N) is 2. The van der Waals surface area contributed by atoms with Gasteiger partial charge in [0, 0.05) is 23.9 Å². The molecule has 1 fully saturated rings. The Bertz CT molecular complexity index is 424. The minimum atomic E-state index is 0.492. The summed E-state index contributed by atoms with van der Waals surface area (Å²) in [4.78, 5) is 10.6. The van der Waals surface area contributed by atoms with Gasteiger partial charge in [-0.25, -0.2) is 0 Å². The van der Waals surface area contributed by atoms with Gasteiger partial charge in [-0.05, 0) is 38.3 Å². The van der Waals surface area contributed by atoms with Crippen LogP contribution in [0.15, 0.2) is 17.6 Å². The first-order valence-electron chi connectivity index (χ1n) is 6.14. The molecule has 0 saturated carbocycles. The van der Waals surface area contributed by atoms with Gasteiger partial charge in [0.1, 0.15) is 5.82 Å². The summed E-state index contributed by atoms with van der Waals surface area (Å²) in [5, 5.41) is 12.5. The average Bonchev–Trinajstić information content (AvgIpc) is 2.81. The monoisotopic (exact) mass is 266 g/mol. The number of hydrogen-bond acceptors (Lipinski definition) is 4. The average molecular weight is 266 g/mol. The second-order valence-corrected chi connectivity index (χ2v) is 5.02. The highest BCUT2D eigenvalue weighted by atomic mass is 32.2. The molecular formula is C12H18N4OS. The molecular weight excluding hydrogens is 248 g/mol. The van der Waals surface area contributed by atoms with Gasteiger partial charge >= 0.3 is 0 Å². The van der Waals surface area contributed by atoms with E-state index in [0.717, 1.165) is 37.4 Å². The lowest BCUT2D eigenvalue weighted by molar-refractivity contribution is -0.105. The van der Waals surface area contributed by atoms with Crippen molar-refractivity contribution in [1.29, 1.82) is 0 Å². The van der Waals surface area contributed by atoms with Gasteiger partial charge in [-0.2, -0.15) is 9.19 Å². The maximum absolute atomic E-state index is 10.6. The van der Waals surface area contributed by atoms with Gasteiger partial charge in [-0.3, -0.25) is 4.79 Å². The third-order valence-electron chi connectivity index (χ3n) is 2.96. The van der Waals surface area contributed by atoms with Gasteiger partial charge in [0.2, 0.25) is 6.41 Å². The van der Waals surface area contributed by atoms with Gasteiger partial charge in [0.25, 0.3) is 0 Å². The number of piperidine rings is 1. The lowest BCUT2D eigenvalue weighted by Gasteiger charge is -2.20. The molecule has 0 aromatic carbocycles. The van der Waals surface area contributed by atoms with E-state index in [1.54, 1.807) is 4.09 Å². The Kier molecular flexibility index (Phi) is 4.83. The van der Waals surface area contributed by atoms with Crippen LogP contribution in [0.3, 0.4) is 0 Å². The van der Waals surface area contributed by atoms with Crippen molar-refractivity contribution in [2.45, 2.75) is 25.7 Å². The van der Waals surface area contributed by atoms with E-state index in [-0.39, 0.29) is 0 Å². The Morgan fingerprint density at radius 3 is 3.00 bits per heavy atom. The number of aromatic nitrogens is 2. The Balaban J connectivity index is 2.17. The third kappa shape index (κ3) is 3.14. The molecule has 2 heterocycles. The van der Waals surface area contributed by atoms with E-state index in [0.29, 0.717) is 12.3 Å². The van der Waals surface area contributed by atoms with Crippen molar-refractivity contribution < 1.29 is 4.79 Å². The van der Waals surface area contributed by atoms with Crippen LogP contribution < -0.4 is 10.6 Å². The maximum atomic E-state index is 10.6. The second kappa shape index (κ2) is 6.61. The molecule has 1 amide bonds. The van der Waals surface area contributed by atoms with Gasteiger partial charge < -0.3 is 10.6 Å². The van der Waals surface area contributed by atoms with E-state index >= 15 is 0 Å². The van der Waals surface area contributed by atoms with E-state index in [1.807, 2.05) is 24.5 Å². The first-order valence-corrected chi connectivity index (χ1v) is 6.98. The summed E-state index contributed by atoms with van der Waals surface area (Å²) in [5.41, 5.74) is 1.07. The predicted molar refractivity (Wildman–Crippen MR) is 74.6 cm³/mol. The fraction of sp³-hybridized carbons (Fsp3) is 0.500. The number of nitrogens with one attached hydrogen (secondary N) is 2. The highest BCUT2D eigenvalue weighted by molar-refractivity contribution is 8.00. The molecule has 98 valence electrons. The number of rotatable bonds is 5. The Morgan fingerprint density at radius 1 is 1.56 bits per heavy atom. The van der Waals surface area contributed by atoms with Crippen molar-refractivity contribution in [3.05, 3.63) is 23.2 Å². The van der Waals surface area contributed by atoms with Crippen LogP contribution >= 0.6 is 11.9 Å². The van der Waals surface area contributed by atoms with E-state index in [9.17, 15) is 4.79 Å². The number of anilines is 1. The van der Waals surface area contributed by atoms with E-state index in [4.69, 9.17) is 0 Å². The molecule has 0 unspecified atom stereocenters. The normalized spacial score (nSPS) is 17.2. The van der Waals surface area contributed by atoms with Crippen molar-refractivity contribution in [3.8, 4) is 0 Å². The van der Waals surface area contributed by atoms with Crippen LogP contribution in [0.5, 0.6) is 0 Å². The molecule has 0 aliphatic carbocycles. The van der Waals surface area contributed by atoms with Gasteiger partial charge in [0.05, 0.1) is 5.69 Å². The van der Waals surface area contributed by atoms with Gasteiger partial charge in [-0.15, -0.1) is 0 Å². The van der Waals surface area contributed by atoms with Crippen molar-refractivity contribution in [2.24, 2.45) is 0 Å². The van der Waals surface area contributed by atoms with Crippen LogP contribution in [0.25, 0.3) is 0 Å². The molecule has 1 aromatic rings. The summed E-state index contributed by atoms with van der Waals surface area (Å²) < 4.78 is 1.76. The summed E-state index contributed by atoms with van der Waals surface area (Å²) in [6.45, 7) is 4.03. The van der Waals surface area contributed by atoms with E-state index in [2.05, 4.69) is 15.7 Å². The molecule has 0 bridgehead atoms. The second-order valence-electron chi connectivity index (χ2n) is 4.19. The van der Waals surface area contributed by atoms with Crippen LogP contribution in [0.4, 0.5) is 5.82 Å². The molecule has 1 aliphatic rings. The van der Waals surface area contributed by atoms with Crippen molar-refractivity contribution in [1.82, 2.24) is 14.5 Å². The molecule has 5 nitrogen and oxygen atoms in total. The summed E-state index contributed by atoms with van der Waals surface area (Å²) in [5.74, 6) is 1.23. The third-order valence-corrected chi connectivity index (χ3v) is 3.83. The number of carbonyl (C=O) groups is 1. The molecule has 18 heavy (non-hydrogen) atoms.